The lowest BCUT2D eigenvalue weighted by atomic mass is 9.78. The molecule has 1 unspecified atom stereocenters. The Bertz CT molecular complexity index is 1090. The van der Waals surface area contributed by atoms with E-state index >= 15 is 0 Å². The highest BCUT2D eigenvalue weighted by atomic mass is 19.4. The van der Waals surface area contributed by atoms with Crippen molar-refractivity contribution in [3.63, 3.8) is 0 Å². The van der Waals surface area contributed by atoms with E-state index in [0.29, 0.717) is 6.42 Å². The summed E-state index contributed by atoms with van der Waals surface area (Å²) in [5.41, 5.74) is -2.87. The first-order chi connectivity index (χ1) is 16.7. The number of allylic oxidation sites excluding steroid dienone is 2. The van der Waals surface area contributed by atoms with Gasteiger partial charge in [-0.3, -0.25) is 4.79 Å². The van der Waals surface area contributed by atoms with Crippen molar-refractivity contribution >= 4 is 17.9 Å². The Balaban J connectivity index is 2.63. The molecule has 11 heteroatoms. The molecular formula is C25H30F3NO7. The van der Waals surface area contributed by atoms with E-state index in [4.69, 9.17) is 14.2 Å². The lowest BCUT2D eigenvalue weighted by Crippen LogP contribution is -2.36. The summed E-state index contributed by atoms with van der Waals surface area (Å²) in [5, 5.41) is 10.0. The van der Waals surface area contributed by atoms with Crippen molar-refractivity contribution in [2.75, 3.05) is 20.6 Å². The number of benzene rings is 1. The number of carboxylic acids is 1. The highest BCUT2D eigenvalue weighted by Crippen LogP contribution is 2.46. The third kappa shape index (κ3) is 5.89. The van der Waals surface area contributed by atoms with Crippen LogP contribution in [0.25, 0.3) is 0 Å². The van der Waals surface area contributed by atoms with E-state index in [2.05, 4.69) is 0 Å². The van der Waals surface area contributed by atoms with E-state index in [1.54, 1.807) is 20.8 Å². The summed E-state index contributed by atoms with van der Waals surface area (Å²) in [6.45, 7) is 6.98. The lowest BCUT2D eigenvalue weighted by Gasteiger charge is -2.37. The zero-order valence-electron chi connectivity index (χ0n) is 21.0. The molecule has 1 aliphatic rings. The topological polar surface area (TPSA) is 102 Å². The third-order valence-corrected chi connectivity index (χ3v) is 6.27. The van der Waals surface area contributed by atoms with E-state index in [9.17, 15) is 32.7 Å². The maximum absolute atomic E-state index is 13.9. The molecule has 1 atom stereocenters. The summed E-state index contributed by atoms with van der Waals surface area (Å²) in [6, 6.07) is 4.44. The summed E-state index contributed by atoms with van der Waals surface area (Å²) >= 11 is 0. The molecule has 0 fully saturated rings. The van der Waals surface area contributed by atoms with Gasteiger partial charge in [-0.2, -0.15) is 13.2 Å². The molecule has 0 saturated carbocycles. The molecule has 2 rings (SSSR count). The van der Waals surface area contributed by atoms with E-state index in [1.807, 2.05) is 0 Å². The number of hydrogen-bond acceptors (Lipinski definition) is 7. The minimum Gasteiger partial charge on any atom is -0.478 e. The second-order valence-corrected chi connectivity index (χ2v) is 8.89. The maximum atomic E-state index is 13.9. The third-order valence-electron chi connectivity index (χ3n) is 6.27. The summed E-state index contributed by atoms with van der Waals surface area (Å²) in [6.07, 6.45) is -4.36. The molecule has 36 heavy (non-hydrogen) atoms. The van der Waals surface area contributed by atoms with Gasteiger partial charge in [0.15, 0.2) is 0 Å². The van der Waals surface area contributed by atoms with Crippen molar-refractivity contribution in [2.24, 2.45) is 5.41 Å². The van der Waals surface area contributed by atoms with Crippen molar-refractivity contribution < 1.29 is 46.9 Å². The second-order valence-electron chi connectivity index (χ2n) is 8.89. The number of hydrogen-bond donors (Lipinski definition) is 1. The normalized spacial score (nSPS) is 16.8. The van der Waals surface area contributed by atoms with Gasteiger partial charge in [0, 0.05) is 18.5 Å². The monoisotopic (exact) mass is 513 g/mol. The molecule has 198 valence electrons. The smallest absolute Gasteiger partial charge is 0.416 e. The quantitative estimate of drug-likeness (QED) is 0.370. The van der Waals surface area contributed by atoms with Gasteiger partial charge in [0.05, 0.1) is 28.0 Å². The van der Waals surface area contributed by atoms with E-state index < -0.39 is 58.9 Å². The summed E-state index contributed by atoms with van der Waals surface area (Å²) in [7, 11) is 1.35. The predicted molar refractivity (Wildman–Crippen MR) is 122 cm³/mol. The molecule has 1 aliphatic heterocycles. The number of alkyl halides is 3. The first kappa shape index (κ1) is 28.9. The molecular weight excluding hydrogens is 483 g/mol. The Morgan fingerprint density at radius 3 is 2.14 bits per heavy atom. The zero-order valence-corrected chi connectivity index (χ0v) is 21.0. The molecule has 0 bridgehead atoms. The Labute approximate surface area is 207 Å². The Kier molecular flexibility index (Phi) is 8.95. The number of carboxylic acid groups (broad SMARTS) is 1. The number of methoxy groups -OCH3 is 1. The standard InChI is InChI=1S/C25H30F3NO7/c1-7-24(4,5)23(33)36-13-35-22(32)19-15(3)29(12-34-6)14(2)18(21(30)31)20(19)16-10-8-9-11-17(16)25(26,27)28/h8-11,20H,7,12-13H2,1-6H3,(H,30,31). The molecule has 0 radical (unpaired) electrons. The fourth-order valence-electron chi connectivity index (χ4n) is 3.84. The van der Waals surface area contributed by atoms with Gasteiger partial charge in [0.2, 0.25) is 6.79 Å². The van der Waals surface area contributed by atoms with Crippen molar-refractivity contribution in [3.05, 3.63) is 57.9 Å². The van der Waals surface area contributed by atoms with Crippen molar-refractivity contribution in [2.45, 2.75) is 53.1 Å². The van der Waals surface area contributed by atoms with Crippen LogP contribution < -0.4 is 0 Å². The van der Waals surface area contributed by atoms with Gasteiger partial charge in [0.25, 0.3) is 0 Å². The van der Waals surface area contributed by atoms with Crippen LogP contribution in [0, 0.1) is 5.41 Å². The molecule has 0 amide bonds. The first-order valence-electron chi connectivity index (χ1n) is 11.1. The van der Waals surface area contributed by atoms with Crippen LogP contribution in [0.2, 0.25) is 0 Å². The van der Waals surface area contributed by atoms with Crippen LogP contribution in [0.15, 0.2) is 46.8 Å². The number of halogens is 3. The van der Waals surface area contributed by atoms with Gasteiger partial charge in [-0.05, 0) is 45.7 Å². The number of esters is 2. The lowest BCUT2D eigenvalue weighted by molar-refractivity contribution is -0.172. The fourth-order valence-corrected chi connectivity index (χ4v) is 3.84. The van der Waals surface area contributed by atoms with Crippen molar-refractivity contribution in [1.29, 1.82) is 0 Å². The predicted octanol–water partition coefficient (Wildman–Crippen LogP) is 4.82. The number of carbonyl (C=O) groups is 3. The largest absolute Gasteiger partial charge is 0.478 e. The highest BCUT2D eigenvalue weighted by Gasteiger charge is 2.44. The molecule has 0 saturated heterocycles. The van der Waals surface area contributed by atoms with Crippen LogP contribution in [-0.4, -0.2) is 48.5 Å². The fraction of sp³-hybridized carbons (Fsp3) is 0.480. The van der Waals surface area contributed by atoms with Gasteiger partial charge in [0.1, 0.15) is 6.73 Å². The molecule has 0 aliphatic carbocycles. The average molecular weight is 514 g/mol. The number of aliphatic carboxylic acids is 1. The Hall–Kier alpha value is -3.34. The van der Waals surface area contributed by atoms with Crippen molar-refractivity contribution in [1.82, 2.24) is 4.90 Å². The van der Waals surface area contributed by atoms with Gasteiger partial charge >= 0.3 is 24.1 Å². The summed E-state index contributed by atoms with van der Waals surface area (Å²) < 4.78 is 57.0. The summed E-state index contributed by atoms with van der Waals surface area (Å²) in [5.74, 6) is -4.87. The van der Waals surface area contributed by atoms with Gasteiger partial charge in [-0.15, -0.1) is 0 Å². The number of carbonyl (C=O) groups excluding carboxylic acids is 2. The van der Waals surface area contributed by atoms with Crippen LogP contribution in [0.1, 0.15) is 58.1 Å². The molecule has 8 nitrogen and oxygen atoms in total. The minimum absolute atomic E-state index is 0.108. The average Bonchev–Trinajstić information content (AvgIpc) is 2.80. The van der Waals surface area contributed by atoms with Crippen molar-refractivity contribution in [3.8, 4) is 0 Å². The van der Waals surface area contributed by atoms with E-state index in [0.717, 1.165) is 12.1 Å². The van der Waals surface area contributed by atoms with Crippen LogP contribution in [0.3, 0.4) is 0 Å². The van der Waals surface area contributed by atoms with Gasteiger partial charge < -0.3 is 24.2 Å². The minimum atomic E-state index is -4.82. The van der Waals surface area contributed by atoms with Crippen LogP contribution >= 0.6 is 0 Å². The van der Waals surface area contributed by atoms with E-state index in [1.165, 1.54) is 38.0 Å². The SMILES string of the molecule is CCC(C)(C)C(=O)OCOC(=O)C1=C(C)N(COC)C(C)=C(C(=O)O)C1c1ccccc1C(F)(F)F. The molecule has 0 aromatic heterocycles. The first-order valence-corrected chi connectivity index (χ1v) is 11.1. The molecule has 1 heterocycles. The second kappa shape index (κ2) is 11.2. The van der Waals surface area contributed by atoms with Gasteiger partial charge in [-0.1, -0.05) is 25.1 Å². The van der Waals surface area contributed by atoms with Gasteiger partial charge in [-0.25, -0.2) is 9.59 Å². The van der Waals surface area contributed by atoms with E-state index in [-0.39, 0.29) is 23.7 Å². The summed E-state index contributed by atoms with van der Waals surface area (Å²) in [4.78, 5) is 39.2. The number of nitrogens with zero attached hydrogens (tertiary/aromatic N) is 1. The Morgan fingerprint density at radius 2 is 1.61 bits per heavy atom. The van der Waals surface area contributed by atoms with Crippen LogP contribution in [-0.2, 0) is 34.8 Å². The molecule has 0 spiro atoms. The molecule has 1 aromatic carbocycles. The maximum Gasteiger partial charge on any atom is 0.416 e. The van der Waals surface area contributed by atoms with Crippen LogP contribution in [0.4, 0.5) is 13.2 Å². The highest BCUT2D eigenvalue weighted by molar-refractivity contribution is 5.99. The molecule has 1 N–H and O–H groups in total. The number of ether oxygens (including phenoxy) is 3. The zero-order chi connectivity index (χ0) is 27.4. The molecule has 1 aromatic rings. The Morgan fingerprint density at radius 1 is 1.03 bits per heavy atom. The number of rotatable bonds is 9. The van der Waals surface area contributed by atoms with Crippen LogP contribution in [0.5, 0.6) is 0 Å².